The standard InChI is InChI=1S/C76H106ClN13O12/c1-9-99-63-46-60(98-8)25-22-57(63)48-90(73(97)102-75(5,6)7)50-65(92)89-34-14-19-56(47-89)54-17-13-18-55(45-54)69(93)83-66(53-15-11-10-12-16-53)70(94)79-33-44-100-59-27-35-86(36-28-59)49-64(91)87-42-40-85(41-43-87)37-29-62(52-20-23-58(77)24-21-52)82-71(95)76(84-72(96)101-74(2,3)4)30-38-88(39-31-76)68-61-26-32-78-67(61)80-51-81-68/h13,17-18,20-26,32,45-46,51,53,56,59,62,66H,9-12,14-16,19,27-31,33-44,47-50H2,1-8H3,(H,79,94)(H,82,95)(H,83,93)(H,84,96)(H,78,80,81)/t56?,62-,66+/m0/s1. The summed E-state index contributed by atoms with van der Waals surface area (Å²) in [6.07, 6.45) is 11.0. The number of aromatic amines is 1. The molecule has 5 fully saturated rings. The number of ether oxygens (including phenoxy) is 5. The summed E-state index contributed by atoms with van der Waals surface area (Å²) in [6, 6.07) is 21.1. The van der Waals surface area contributed by atoms with Crippen LogP contribution in [0.4, 0.5) is 15.4 Å². The molecule has 7 amide bonds. The van der Waals surface area contributed by atoms with E-state index in [1.807, 2.05) is 72.6 Å². The molecule has 1 saturated carbocycles. The maximum absolute atomic E-state index is 14.8. The number of nitrogens with one attached hydrogen (secondary N) is 5. The van der Waals surface area contributed by atoms with Gasteiger partial charge in [-0.05, 0) is 166 Å². The van der Waals surface area contributed by atoms with E-state index in [1.54, 1.807) is 71.8 Å². The number of carbonyl (C=O) groups excluding carboxylic acids is 7. The fourth-order valence-corrected chi connectivity index (χ4v) is 14.7. The summed E-state index contributed by atoms with van der Waals surface area (Å²) in [5, 5.41) is 14.0. The second kappa shape index (κ2) is 35.3. The second-order valence-corrected chi connectivity index (χ2v) is 30.2. The van der Waals surface area contributed by atoms with Crippen molar-refractivity contribution in [3.8, 4) is 11.5 Å². The van der Waals surface area contributed by atoms with Crippen LogP contribution in [0.25, 0.3) is 11.0 Å². The highest BCUT2D eigenvalue weighted by molar-refractivity contribution is 6.30. The number of amides is 7. The van der Waals surface area contributed by atoms with Gasteiger partial charge in [-0.2, -0.15) is 0 Å². The zero-order valence-corrected chi connectivity index (χ0v) is 61.6. The minimum absolute atomic E-state index is 0.0159. The van der Waals surface area contributed by atoms with Crippen LogP contribution in [0.3, 0.4) is 0 Å². The van der Waals surface area contributed by atoms with E-state index < -0.39 is 41.0 Å². The zero-order chi connectivity index (χ0) is 72.6. The molecule has 6 heterocycles. The van der Waals surface area contributed by atoms with E-state index in [0.717, 1.165) is 85.8 Å². The van der Waals surface area contributed by atoms with Gasteiger partial charge < -0.3 is 64.6 Å². The molecular formula is C76H106ClN13O12. The lowest BCUT2D eigenvalue weighted by molar-refractivity contribution is -0.135. The summed E-state index contributed by atoms with van der Waals surface area (Å²) in [5.74, 6) is 0.853. The lowest BCUT2D eigenvalue weighted by atomic mass is 9.83. The predicted octanol–water partition coefficient (Wildman–Crippen LogP) is 9.39. The Hall–Kier alpha value is -8.26. The van der Waals surface area contributed by atoms with Gasteiger partial charge in [-0.15, -0.1) is 0 Å². The molecule has 5 aliphatic rings. The Labute approximate surface area is 605 Å². The first kappa shape index (κ1) is 76.4. The molecule has 3 aromatic carbocycles. The molecule has 0 spiro atoms. The van der Waals surface area contributed by atoms with Crippen molar-refractivity contribution in [3.05, 3.63) is 113 Å². The molecule has 26 heteroatoms. The molecule has 5 aromatic rings. The number of rotatable bonds is 26. The molecule has 1 aliphatic carbocycles. The number of hydrogen-bond donors (Lipinski definition) is 5. The Bertz CT molecular complexity index is 3640. The van der Waals surface area contributed by atoms with Crippen molar-refractivity contribution in [2.24, 2.45) is 5.92 Å². The van der Waals surface area contributed by atoms with Crippen molar-refractivity contribution in [1.29, 1.82) is 0 Å². The van der Waals surface area contributed by atoms with Crippen molar-refractivity contribution in [3.63, 3.8) is 0 Å². The first-order valence-corrected chi connectivity index (χ1v) is 37.0. The van der Waals surface area contributed by atoms with Gasteiger partial charge in [0.15, 0.2) is 0 Å². The maximum atomic E-state index is 14.8. The minimum atomic E-state index is -1.27. The minimum Gasteiger partial charge on any atom is -0.497 e. The number of anilines is 1. The summed E-state index contributed by atoms with van der Waals surface area (Å²) in [6.45, 7) is 20.2. The quantitative estimate of drug-likeness (QED) is 0.0322. The predicted molar refractivity (Wildman–Crippen MR) is 389 cm³/mol. The third-order valence-electron chi connectivity index (χ3n) is 20.1. The topological polar surface area (TPSA) is 275 Å². The number of aromatic nitrogens is 3. The highest BCUT2D eigenvalue weighted by Gasteiger charge is 2.45. The van der Waals surface area contributed by atoms with Crippen LogP contribution in [0, 0.1) is 5.92 Å². The molecule has 2 aromatic heterocycles. The van der Waals surface area contributed by atoms with Crippen LogP contribution in [0.15, 0.2) is 85.3 Å². The first-order chi connectivity index (χ1) is 48.9. The molecule has 10 rings (SSSR count). The Morgan fingerprint density at radius 1 is 0.755 bits per heavy atom. The summed E-state index contributed by atoms with van der Waals surface area (Å²) in [5.41, 5.74) is 0.834. The summed E-state index contributed by atoms with van der Waals surface area (Å²) < 4.78 is 29.2. The van der Waals surface area contributed by atoms with E-state index >= 15 is 0 Å². The van der Waals surface area contributed by atoms with Gasteiger partial charge in [0, 0.05) is 113 Å². The van der Waals surface area contributed by atoms with Crippen LogP contribution >= 0.6 is 11.6 Å². The smallest absolute Gasteiger partial charge is 0.411 e. The van der Waals surface area contributed by atoms with Crippen LogP contribution in [0.5, 0.6) is 11.5 Å². The number of carbonyl (C=O) groups is 7. The van der Waals surface area contributed by atoms with Crippen molar-refractivity contribution in [2.75, 3.05) is 117 Å². The largest absolute Gasteiger partial charge is 0.497 e. The average molecular weight is 1430 g/mol. The van der Waals surface area contributed by atoms with E-state index in [2.05, 4.69) is 50.9 Å². The van der Waals surface area contributed by atoms with Gasteiger partial charge in [0.25, 0.3) is 5.91 Å². The fourth-order valence-electron chi connectivity index (χ4n) is 14.6. The van der Waals surface area contributed by atoms with Gasteiger partial charge in [-0.25, -0.2) is 19.6 Å². The Kier molecular flexibility index (Phi) is 26.4. The molecule has 1 unspecified atom stereocenters. The third kappa shape index (κ3) is 21.2. The highest BCUT2D eigenvalue weighted by Crippen LogP contribution is 2.34. The molecular weight excluding hydrogens is 1320 g/mol. The van der Waals surface area contributed by atoms with E-state index in [-0.39, 0.29) is 67.1 Å². The normalized spacial score (nSPS) is 18.7. The van der Waals surface area contributed by atoms with E-state index in [1.165, 1.54) is 11.2 Å². The monoisotopic (exact) mass is 1430 g/mol. The lowest BCUT2D eigenvalue weighted by Gasteiger charge is -2.42. The highest BCUT2D eigenvalue weighted by atomic mass is 35.5. The van der Waals surface area contributed by atoms with Crippen LogP contribution < -0.4 is 35.6 Å². The molecule has 0 radical (unpaired) electrons. The van der Waals surface area contributed by atoms with Crippen molar-refractivity contribution in [2.45, 2.75) is 173 Å². The number of nitrogens with zero attached hydrogens (tertiary/aromatic N) is 8. The number of hydrogen-bond acceptors (Lipinski definition) is 17. The number of fused-ring (bicyclic) bond motifs is 1. The lowest BCUT2D eigenvalue weighted by Crippen LogP contribution is -2.64. The van der Waals surface area contributed by atoms with Crippen LogP contribution in [-0.2, 0) is 39.9 Å². The van der Waals surface area contributed by atoms with E-state index in [4.69, 9.17) is 35.3 Å². The van der Waals surface area contributed by atoms with Gasteiger partial charge in [0.05, 0.1) is 50.9 Å². The van der Waals surface area contributed by atoms with Gasteiger partial charge in [0.1, 0.15) is 58.6 Å². The number of alkyl carbamates (subject to hydrolysis) is 1. The van der Waals surface area contributed by atoms with Crippen molar-refractivity contribution < 1.29 is 57.2 Å². The third-order valence-corrected chi connectivity index (χ3v) is 20.4. The number of piperidine rings is 3. The molecule has 4 aliphatic heterocycles. The van der Waals surface area contributed by atoms with E-state index in [0.29, 0.717) is 139 Å². The number of piperazine rings is 1. The van der Waals surface area contributed by atoms with E-state index in [9.17, 15) is 33.6 Å². The summed E-state index contributed by atoms with van der Waals surface area (Å²) >= 11 is 6.37. The maximum Gasteiger partial charge on any atom is 0.411 e. The molecule has 554 valence electrons. The van der Waals surface area contributed by atoms with Gasteiger partial charge >= 0.3 is 12.2 Å². The summed E-state index contributed by atoms with van der Waals surface area (Å²) in [7, 11) is 1.57. The number of likely N-dealkylation sites (tertiary alicyclic amines) is 2. The van der Waals surface area contributed by atoms with Crippen LogP contribution in [0.1, 0.15) is 165 Å². The molecule has 4 saturated heterocycles. The Balaban J connectivity index is 0.659. The molecule has 25 nitrogen and oxygen atoms in total. The molecule has 5 N–H and O–H groups in total. The first-order valence-electron chi connectivity index (χ1n) is 36.6. The Morgan fingerprint density at radius 3 is 2.20 bits per heavy atom. The fraction of sp³-hybridized carbons (Fsp3) is 0.592. The number of halogens is 1. The molecule has 3 atom stereocenters. The van der Waals surface area contributed by atoms with Crippen molar-refractivity contribution >= 4 is 70.2 Å². The van der Waals surface area contributed by atoms with Gasteiger partial charge in [-0.3, -0.25) is 38.7 Å². The number of methoxy groups -OCH3 is 1. The van der Waals surface area contributed by atoms with Crippen LogP contribution in [-0.4, -0.2) is 222 Å². The number of benzene rings is 3. The second-order valence-electron chi connectivity index (χ2n) is 29.8. The SMILES string of the molecule is CCOc1cc(OC)ccc1CN(CC(=O)N1CCCC(c2cccc(C(=O)N[C@@H](C(=O)NCCOC3CCN(CC(=O)N4CCN(CC[C@H](NC(=O)C5(NC(=O)OC(C)(C)C)CCN(c6ncnc7[nH]ccc67)CC5)c5ccc(Cl)cc5)CC4)CC3)C3CCCCC3)c2)C1)C(=O)OC(C)(C)C. The molecule has 102 heavy (non-hydrogen) atoms. The zero-order valence-electron chi connectivity index (χ0n) is 60.8. The van der Waals surface area contributed by atoms with Crippen LogP contribution in [0.2, 0.25) is 5.02 Å². The Morgan fingerprint density at radius 2 is 1.49 bits per heavy atom. The van der Waals surface area contributed by atoms with Gasteiger partial charge in [0.2, 0.25) is 23.6 Å². The average Bonchev–Trinajstić information content (AvgIpc) is 1.20. The molecule has 0 bridgehead atoms. The van der Waals surface area contributed by atoms with Crippen molar-refractivity contribution in [1.82, 2.24) is 60.7 Å². The summed E-state index contributed by atoms with van der Waals surface area (Å²) in [4.78, 5) is 122. The number of H-pyrrole nitrogens is 1. The van der Waals surface area contributed by atoms with Gasteiger partial charge in [-0.1, -0.05) is 55.1 Å².